The third-order valence-electron chi connectivity index (χ3n) is 4.26. The van der Waals surface area contributed by atoms with E-state index in [9.17, 15) is 4.79 Å². The first kappa shape index (κ1) is 12.7. The Morgan fingerprint density at radius 2 is 1.89 bits per heavy atom. The van der Waals surface area contributed by atoms with E-state index in [0.29, 0.717) is 18.6 Å². The molecule has 2 unspecified atom stereocenters. The van der Waals surface area contributed by atoms with Gasteiger partial charge in [0, 0.05) is 11.5 Å². The minimum atomic E-state index is 0.125. The normalized spacial score (nSPS) is 26.4. The summed E-state index contributed by atoms with van der Waals surface area (Å²) in [7, 11) is 0. The number of Topliss-reactive ketones (excluding diaryl/α,β-unsaturated/α-hetero) is 1. The minimum absolute atomic E-state index is 0.125. The number of carbonyl (C=O) groups is 1. The van der Waals surface area contributed by atoms with Gasteiger partial charge in [0.05, 0.1) is 6.10 Å². The molecule has 3 rings (SSSR count). The third-order valence-corrected chi connectivity index (χ3v) is 4.26. The fourth-order valence-corrected chi connectivity index (χ4v) is 2.95. The summed E-state index contributed by atoms with van der Waals surface area (Å²) in [4.78, 5) is 12.5. The molecule has 0 spiro atoms. The Kier molecular flexibility index (Phi) is 3.56. The quantitative estimate of drug-likeness (QED) is 0.827. The Bertz CT molecular complexity index is 450. The summed E-state index contributed by atoms with van der Waals surface area (Å²) in [5.74, 6) is 1.63. The van der Waals surface area contributed by atoms with Gasteiger partial charge in [-0.25, -0.2) is 0 Å². The van der Waals surface area contributed by atoms with Gasteiger partial charge >= 0.3 is 0 Å². The molecule has 0 amide bonds. The van der Waals surface area contributed by atoms with Gasteiger partial charge in [0.2, 0.25) is 0 Å². The van der Waals surface area contributed by atoms with Crippen LogP contribution in [0.15, 0.2) is 24.3 Å². The number of nitrogens with two attached hydrogens (primary N) is 1. The average Bonchev–Trinajstić information content (AvgIpc) is 3.12. The molecule has 2 N–H and O–H groups in total. The highest BCUT2D eigenvalue weighted by Crippen LogP contribution is 2.34. The summed E-state index contributed by atoms with van der Waals surface area (Å²) in [5.41, 5.74) is 6.55. The van der Waals surface area contributed by atoms with Crippen molar-refractivity contribution in [3.05, 3.63) is 29.8 Å². The van der Waals surface area contributed by atoms with Gasteiger partial charge in [0.25, 0.3) is 0 Å². The van der Waals surface area contributed by atoms with Crippen LogP contribution in [0.1, 0.15) is 42.5 Å². The van der Waals surface area contributed by atoms with Crippen LogP contribution in [0.5, 0.6) is 5.75 Å². The molecular formula is C16H21NO2. The van der Waals surface area contributed by atoms with Gasteiger partial charge in [0.1, 0.15) is 5.75 Å². The summed E-state index contributed by atoms with van der Waals surface area (Å²) in [6, 6.07) is 7.62. The fraction of sp³-hybridized carbons (Fsp3) is 0.562. The summed E-state index contributed by atoms with van der Waals surface area (Å²) in [5, 5.41) is 0. The molecule has 0 radical (unpaired) electrons. The molecule has 0 bridgehead atoms. The zero-order valence-electron chi connectivity index (χ0n) is 11.2. The molecule has 0 saturated heterocycles. The number of carbonyl (C=O) groups excluding carboxylic acids is 1. The van der Waals surface area contributed by atoms with E-state index in [2.05, 4.69) is 0 Å². The lowest BCUT2D eigenvalue weighted by atomic mass is 9.88. The van der Waals surface area contributed by atoms with Gasteiger partial charge in [-0.1, -0.05) is 6.42 Å². The second-order valence-electron chi connectivity index (χ2n) is 5.74. The van der Waals surface area contributed by atoms with E-state index in [0.717, 1.165) is 43.4 Å². The smallest absolute Gasteiger partial charge is 0.166 e. The monoisotopic (exact) mass is 259 g/mol. The fourth-order valence-electron chi connectivity index (χ4n) is 2.95. The van der Waals surface area contributed by atoms with E-state index >= 15 is 0 Å². The Morgan fingerprint density at radius 3 is 2.53 bits per heavy atom. The van der Waals surface area contributed by atoms with Crippen molar-refractivity contribution in [3.63, 3.8) is 0 Å². The van der Waals surface area contributed by atoms with Crippen molar-refractivity contribution < 1.29 is 9.53 Å². The van der Waals surface area contributed by atoms with Gasteiger partial charge in [0.15, 0.2) is 5.78 Å². The molecular weight excluding hydrogens is 238 g/mol. The Hall–Kier alpha value is -1.35. The first-order valence-electron chi connectivity index (χ1n) is 7.29. The number of benzene rings is 1. The molecule has 0 heterocycles. The van der Waals surface area contributed by atoms with Crippen LogP contribution >= 0.6 is 0 Å². The van der Waals surface area contributed by atoms with Crippen LogP contribution in [-0.4, -0.2) is 18.4 Å². The lowest BCUT2D eigenvalue weighted by Crippen LogP contribution is -2.25. The first-order valence-corrected chi connectivity index (χ1v) is 7.29. The highest BCUT2D eigenvalue weighted by atomic mass is 16.5. The maximum atomic E-state index is 12.5. The van der Waals surface area contributed by atoms with Crippen LogP contribution < -0.4 is 10.5 Å². The molecule has 2 aliphatic carbocycles. The number of ether oxygens (including phenoxy) is 1. The maximum Gasteiger partial charge on any atom is 0.166 e. The van der Waals surface area contributed by atoms with Gasteiger partial charge in [-0.05, 0) is 62.4 Å². The second kappa shape index (κ2) is 5.33. The summed E-state index contributed by atoms with van der Waals surface area (Å²) >= 11 is 0. The van der Waals surface area contributed by atoms with Crippen LogP contribution in [-0.2, 0) is 0 Å². The molecule has 3 nitrogen and oxygen atoms in total. The van der Waals surface area contributed by atoms with Crippen LogP contribution in [0.3, 0.4) is 0 Å². The molecule has 2 aliphatic rings. The molecule has 0 aliphatic heterocycles. The van der Waals surface area contributed by atoms with E-state index in [4.69, 9.17) is 10.5 Å². The van der Waals surface area contributed by atoms with Crippen molar-refractivity contribution in [2.75, 3.05) is 6.54 Å². The second-order valence-corrected chi connectivity index (χ2v) is 5.74. The summed E-state index contributed by atoms with van der Waals surface area (Å²) < 4.78 is 5.70. The largest absolute Gasteiger partial charge is 0.490 e. The molecule has 19 heavy (non-hydrogen) atoms. The summed E-state index contributed by atoms with van der Waals surface area (Å²) in [6.45, 7) is 0.624. The van der Waals surface area contributed by atoms with Crippen LogP contribution in [0, 0.1) is 11.8 Å². The lowest BCUT2D eigenvalue weighted by molar-refractivity contribution is 0.0893. The highest BCUT2D eigenvalue weighted by Gasteiger charge is 2.32. The van der Waals surface area contributed by atoms with E-state index in [1.54, 1.807) is 0 Å². The molecule has 3 heteroatoms. The number of rotatable bonds is 5. The number of ketones is 1. The number of hydrogen-bond acceptors (Lipinski definition) is 3. The van der Waals surface area contributed by atoms with Gasteiger partial charge < -0.3 is 10.5 Å². The SMILES string of the molecule is NCC1CCCC1C(=O)c1ccc(OC2CC2)cc1. The van der Waals surface area contributed by atoms with Crippen molar-refractivity contribution in [3.8, 4) is 5.75 Å². The van der Waals surface area contributed by atoms with E-state index in [1.807, 2.05) is 24.3 Å². The van der Waals surface area contributed by atoms with E-state index in [-0.39, 0.29) is 11.7 Å². The standard InChI is InChI=1S/C16H21NO2/c17-10-12-2-1-3-15(12)16(18)11-4-6-13(7-5-11)19-14-8-9-14/h4-7,12,14-15H,1-3,8-10,17H2. The van der Waals surface area contributed by atoms with E-state index < -0.39 is 0 Å². The molecule has 1 aromatic rings. The molecule has 2 atom stereocenters. The zero-order valence-corrected chi connectivity index (χ0v) is 11.2. The third kappa shape index (κ3) is 2.81. The van der Waals surface area contributed by atoms with Gasteiger partial charge in [-0.2, -0.15) is 0 Å². The van der Waals surface area contributed by atoms with Gasteiger partial charge in [-0.3, -0.25) is 4.79 Å². The molecule has 102 valence electrons. The van der Waals surface area contributed by atoms with Crippen LogP contribution in [0.2, 0.25) is 0 Å². The molecule has 2 saturated carbocycles. The Balaban J connectivity index is 1.68. The highest BCUT2D eigenvalue weighted by molar-refractivity contribution is 5.98. The Labute approximate surface area is 114 Å². The topological polar surface area (TPSA) is 52.3 Å². The predicted molar refractivity (Wildman–Crippen MR) is 74.3 cm³/mol. The van der Waals surface area contributed by atoms with Crippen LogP contribution in [0.4, 0.5) is 0 Å². The Morgan fingerprint density at radius 1 is 1.16 bits per heavy atom. The summed E-state index contributed by atoms with van der Waals surface area (Å²) in [6.07, 6.45) is 5.91. The molecule has 0 aromatic heterocycles. The predicted octanol–water partition coefficient (Wildman–Crippen LogP) is 2.79. The molecule has 1 aromatic carbocycles. The zero-order chi connectivity index (χ0) is 13.2. The average molecular weight is 259 g/mol. The van der Waals surface area contributed by atoms with Crippen molar-refractivity contribution in [1.29, 1.82) is 0 Å². The van der Waals surface area contributed by atoms with E-state index in [1.165, 1.54) is 0 Å². The van der Waals surface area contributed by atoms with Crippen molar-refractivity contribution in [2.45, 2.75) is 38.2 Å². The molecule has 2 fully saturated rings. The van der Waals surface area contributed by atoms with Crippen molar-refractivity contribution in [1.82, 2.24) is 0 Å². The van der Waals surface area contributed by atoms with Crippen molar-refractivity contribution >= 4 is 5.78 Å². The number of hydrogen-bond donors (Lipinski definition) is 1. The lowest BCUT2D eigenvalue weighted by Gasteiger charge is -2.16. The minimum Gasteiger partial charge on any atom is -0.490 e. The van der Waals surface area contributed by atoms with Gasteiger partial charge in [-0.15, -0.1) is 0 Å². The van der Waals surface area contributed by atoms with Crippen LogP contribution in [0.25, 0.3) is 0 Å². The van der Waals surface area contributed by atoms with Crippen molar-refractivity contribution in [2.24, 2.45) is 17.6 Å². The maximum absolute atomic E-state index is 12.5. The first-order chi connectivity index (χ1) is 9.28.